The Labute approximate surface area is 149 Å². The van der Waals surface area contributed by atoms with Gasteiger partial charge in [-0.25, -0.2) is 4.39 Å². The predicted molar refractivity (Wildman–Crippen MR) is 95.4 cm³/mol. The SMILES string of the molecule is CSc1nnc(CNC(=O)c2ccc(F)cc2)n1-c1ccccc1C. The lowest BCUT2D eigenvalue weighted by molar-refractivity contribution is 0.0949. The molecular weight excluding hydrogens is 339 g/mol. The Hall–Kier alpha value is -2.67. The summed E-state index contributed by atoms with van der Waals surface area (Å²) < 4.78 is 14.9. The molecule has 3 aromatic rings. The molecule has 0 saturated heterocycles. The fourth-order valence-electron chi connectivity index (χ4n) is 2.47. The molecule has 0 bridgehead atoms. The van der Waals surface area contributed by atoms with Gasteiger partial charge in [0.05, 0.1) is 12.2 Å². The van der Waals surface area contributed by atoms with E-state index in [4.69, 9.17) is 0 Å². The highest BCUT2D eigenvalue weighted by Crippen LogP contribution is 2.22. The van der Waals surface area contributed by atoms with E-state index in [0.29, 0.717) is 11.4 Å². The molecule has 25 heavy (non-hydrogen) atoms. The van der Waals surface area contributed by atoms with Crippen LogP contribution in [0.4, 0.5) is 4.39 Å². The van der Waals surface area contributed by atoms with Crippen LogP contribution in [0.15, 0.2) is 53.7 Å². The van der Waals surface area contributed by atoms with Crippen molar-refractivity contribution in [3.8, 4) is 5.69 Å². The maximum absolute atomic E-state index is 13.0. The van der Waals surface area contributed by atoms with Crippen molar-refractivity contribution >= 4 is 17.7 Å². The second-order valence-electron chi connectivity index (χ2n) is 5.41. The molecule has 0 aliphatic heterocycles. The van der Waals surface area contributed by atoms with E-state index in [2.05, 4.69) is 15.5 Å². The van der Waals surface area contributed by atoms with Gasteiger partial charge < -0.3 is 5.32 Å². The summed E-state index contributed by atoms with van der Waals surface area (Å²) in [6.45, 7) is 2.23. The average molecular weight is 356 g/mol. The first-order chi connectivity index (χ1) is 12.1. The number of nitrogens with one attached hydrogen (secondary N) is 1. The van der Waals surface area contributed by atoms with E-state index in [0.717, 1.165) is 16.4 Å². The third-order valence-corrected chi connectivity index (χ3v) is 4.38. The van der Waals surface area contributed by atoms with Gasteiger partial charge in [0, 0.05) is 5.56 Å². The Morgan fingerprint density at radius 1 is 1.16 bits per heavy atom. The summed E-state index contributed by atoms with van der Waals surface area (Å²) in [6, 6.07) is 13.3. The normalized spacial score (nSPS) is 10.7. The first-order valence-electron chi connectivity index (χ1n) is 7.68. The first-order valence-corrected chi connectivity index (χ1v) is 8.90. The van der Waals surface area contributed by atoms with Gasteiger partial charge in [0.25, 0.3) is 5.91 Å². The van der Waals surface area contributed by atoms with Crippen LogP contribution in [-0.4, -0.2) is 26.9 Å². The molecule has 3 rings (SSSR count). The van der Waals surface area contributed by atoms with Crippen LogP contribution in [0.1, 0.15) is 21.7 Å². The molecule has 7 heteroatoms. The highest BCUT2D eigenvalue weighted by molar-refractivity contribution is 7.98. The van der Waals surface area contributed by atoms with Crippen molar-refractivity contribution in [1.29, 1.82) is 0 Å². The smallest absolute Gasteiger partial charge is 0.251 e. The largest absolute Gasteiger partial charge is 0.345 e. The van der Waals surface area contributed by atoms with E-state index in [-0.39, 0.29) is 18.3 Å². The molecule has 1 amide bonds. The van der Waals surface area contributed by atoms with E-state index < -0.39 is 0 Å². The van der Waals surface area contributed by atoms with Gasteiger partial charge in [-0.2, -0.15) is 0 Å². The van der Waals surface area contributed by atoms with E-state index in [1.165, 1.54) is 36.0 Å². The minimum Gasteiger partial charge on any atom is -0.345 e. The second kappa shape index (κ2) is 7.48. The predicted octanol–water partition coefficient (Wildman–Crippen LogP) is 3.37. The highest BCUT2D eigenvalue weighted by Gasteiger charge is 2.16. The van der Waals surface area contributed by atoms with Crippen LogP contribution < -0.4 is 5.32 Å². The molecule has 1 heterocycles. The van der Waals surface area contributed by atoms with Crippen LogP contribution >= 0.6 is 11.8 Å². The van der Waals surface area contributed by atoms with Crippen LogP contribution in [0.3, 0.4) is 0 Å². The Morgan fingerprint density at radius 3 is 2.56 bits per heavy atom. The number of amides is 1. The maximum atomic E-state index is 13.0. The fourth-order valence-corrected chi connectivity index (χ4v) is 2.97. The minimum atomic E-state index is -0.375. The van der Waals surface area contributed by atoms with Gasteiger partial charge in [0.2, 0.25) is 0 Å². The summed E-state index contributed by atoms with van der Waals surface area (Å²) in [6.07, 6.45) is 1.93. The summed E-state index contributed by atoms with van der Waals surface area (Å²) in [5, 5.41) is 11.9. The first kappa shape index (κ1) is 17.2. The van der Waals surface area contributed by atoms with Crippen LogP contribution in [0.5, 0.6) is 0 Å². The summed E-state index contributed by atoms with van der Waals surface area (Å²) >= 11 is 1.49. The number of carbonyl (C=O) groups excluding carboxylic acids is 1. The number of carbonyl (C=O) groups is 1. The quantitative estimate of drug-likeness (QED) is 0.712. The van der Waals surface area contributed by atoms with Gasteiger partial charge in [0.15, 0.2) is 11.0 Å². The van der Waals surface area contributed by atoms with Crippen molar-refractivity contribution in [2.45, 2.75) is 18.6 Å². The van der Waals surface area contributed by atoms with Crippen LogP contribution in [0.2, 0.25) is 0 Å². The standard InChI is InChI=1S/C18H17FN4OS/c1-12-5-3-4-6-15(12)23-16(21-22-18(23)25-2)11-20-17(24)13-7-9-14(19)10-8-13/h3-10H,11H2,1-2H3,(H,20,24). The molecule has 2 aromatic carbocycles. The number of rotatable bonds is 5. The zero-order chi connectivity index (χ0) is 17.8. The number of thioether (sulfide) groups is 1. The molecule has 0 spiro atoms. The molecule has 128 valence electrons. The summed E-state index contributed by atoms with van der Waals surface area (Å²) in [7, 11) is 0. The van der Waals surface area contributed by atoms with Gasteiger partial charge in [-0.15, -0.1) is 10.2 Å². The zero-order valence-electron chi connectivity index (χ0n) is 13.9. The Morgan fingerprint density at radius 2 is 1.88 bits per heavy atom. The molecule has 0 fully saturated rings. The molecule has 0 unspecified atom stereocenters. The van der Waals surface area contributed by atoms with Crippen molar-refractivity contribution in [2.24, 2.45) is 0 Å². The molecule has 0 aliphatic carbocycles. The molecule has 0 atom stereocenters. The van der Waals surface area contributed by atoms with Crippen molar-refractivity contribution in [3.63, 3.8) is 0 Å². The van der Waals surface area contributed by atoms with Gasteiger partial charge >= 0.3 is 0 Å². The van der Waals surface area contributed by atoms with Crippen molar-refractivity contribution in [2.75, 3.05) is 6.26 Å². The van der Waals surface area contributed by atoms with E-state index in [1.54, 1.807) is 0 Å². The third-order valence-electron chi connectivity index (χ3n) is 3.75. The monoisotopic (exact) mass is 356 g/mol. The van der Waals surface area contributed by atoms with Crippen LogP contribution in [-0.2, 0) is 6.54 Å². The number of para-hydroxylation sites is 1. The van der Waals surface area contributed by atoms with Gasteiger partial charge in [-0.3, -0.25) is 9.36 Å². The molecular formula is C18H17FN4OS. The molecule has 0 aliphatic rings. The number of benzene rings is 2. The van der Waals surface area contributed by atoms with Crippen molar-refractivity contribution < 1.29 is 9.18 Å². The van der Waals surface area contributed by atoms with Gasteiger partial charge in [-0.05, 0) is 49.1 Å². The third kappa shape index (κ3) is 3.71. The van der Waals surface area contributed by atoms with Gasteiger partial charge in [0.1, 0.15) is 5.82 Å². The molecule has 5 nitrogen and oxygen atoms in total. The van der Waals surface area contributed by atoms with Gasteiger partial charge in [-0.1, -0.05) is 30.0 Å². The molecule has 1 aromatic heterocycles. The van der Waals surface area contributed by atoms with Crippen LogP contribution in [0, 0.1) is 12.7 Å². The molecule has 1 N–H and O–H groups in total. The number of aromatic nitrogens is 3. The molecule has 0 saturated carbocycles. The average Bonchev–Trinajstić information content (AvgIpc) is 3.03. The molecule has 0 radical (unpaired) electrons. The number of halogens is 1. The Bertz CT molecular complexity index is 892. The van der Waals surface area contributed by atoms with E-state index in [1.807, 2.05) is 42.0 Å². The Kier molecular flexibility index (Phi) is 5.14. The zero-order valence-corrected chi connectivity index (χ0v) is 14.7. The van der Waals surface area contributed by atoms with Crippen molar-refractivity contribution in [3.05, 3.63) is 71.3 Å². The number of hydrogen-bond donors (Lipinski definition) is 1. The summed E-state index contributed by atoms with van der Waals surface area (Å²) in [5.74, 6) is -0.0281. The van der Waals surface area contributed by atoms with Crippen LogP contribution in [0.25, 0.3) is 5.69 Å². The second-order valence-corrected chi connectivity index (χ2v) is 6.19. The number of aryl methyl sites for hydroxylation is 1. The maximum Gasteiger partial charge on any atom is 0.251 e. The minimum absolute atomic E-state index is 0.220. The lowest BCUT2D eigenvalue weighted by atomic mass is 10.2. The fraction of sp³-hybridized carbons (Fsp3) is 0.167. The van der Waals surface area contributed by atoms with E-state index >= 15 is 0 Å². The summed E-state index contributed by atoms with van der Waals surface area (Å²) in [4.78, 5) is 12.2. The number of hydrogen-bond acceptors (Lipinski definition) is 4. The Balaban J connectivity index is 1.84. The summed E-state index contributed by atoms with van der Waals surface area (Å²) in [5.41, 5.74) is 2.46. The topological polar surface area (TPSA) is 59.8 Å². The number of nitrogens with zero attached hydrogens (tertiary/aromatic N) is 3. The lowest BCUT2D eigenvalue weighted by Crippen LogP contribution is -2.24. The highest BCUT2D eigenvalue weighted by atomic mass is 32.2. The van der Waals surface area contributed by atoms with E-state index in [9.17, 15) is 9.18 Å². The van der Waals surface area contributed by atoms with Crippen molar-refractivity contribution in [1.82, 2.24) is 20.1 Å². The lowest BCUT2D eigenvalue weighted by Gasteiger charge is -2.12.